The molecular formula is C10H3BrCl3IN2. The van der Waals surface area contributed by atoms with Crippen LogP contribution in [-0.2, 0) is 0 Å². The zero-order valence-electron chi connectivity index (χ0n) is 8.02. The SMILES string of the molecule is Clc1cc(Br)ccc1-c1nc(Cl)c(I)c(Cl)n1. The first-order valence-electron chi connectivity index (χ1n) is 4.33. The van der Waals surface area contributed by atoms with Crippen LogP contribution in [0.5, 0.6) is 0 Å². The summed E-state index contributed by atoms with van der Waals surface area (Å²) in [6, 6.07) is 5.42. The summed E-state index contributed by atoms with van der Waals surface area (Å²) in [6.07, 6.45) is 0. The van der Waals surface area contributed by atoms with Crippen LogP contribution in [-0.4, -0.2) is 9.97 Å². The van der Waals surface area contributed by atoms with Crippen LogP contribution >= 0.6 is 73.3 Å². The molecule has 1 aromatic heterocycles. The molecule has 0 fully saturated rings. The van der Waals surface area contributed by atoms with Crippen molar-refractivity contribution in [3.63, 3.8) is 0 Å². The van der Waals surface area contributed by atoms with Crippen molar-refractivity contribution in [2.24, 2.45) is 0 Å². The molecule has 0 unspecified atom stereocenters. The maximum Gasteiger partial charge on any atom is 0.164 e. The van der Waals surface area contributed by atoms with Crippen LogP contribution in [0, 0.1) is 3.57 Å². The third-order valence-corrected chi connectivity index (χ3v) is 4.95. The highest BCUT2D eigenvalue weighted by Crippen LogP contribution is 2.31. The fourth-order valence-corrected chi connectivity index (χ4v) is 2.57. The van der Waals surface area contributed by atoms with Crippen LogP contribution in [0.15, 0.2) is 22.7 Å². The van der Waals surface area contributed by atoms with Gasteiger partial charge >= 0.3 is 0 Å². The lowest BCUT2D eigenvalue weighted by Crippen LogP contribution is -1.94. The molecule has 0 radical (unpaired) electrons. The second-order valence-corrected chi connectivity index (χ2v) is 6.18. The summed E-state index contributed by atoms with van der Waals surface area (Å²) in [6.45, 7) is 0. The van der Waals surface area contributed by atoms with E-state index in [0.717, 1.165) is 4.47 Å². The number of hydrogen-bond acceptors (Lipinski definition) is 2. The van der Waals surface area contributed by atoms with E-state index in [-0.39, 0.29) is 0 Å². The van der Waals surface area contributed by atoms with Crippen molar-refractivity contribution in [3.05, 3.63) is 41.6 Å². The summed E-state index contributed by atoms with van der Waals surface area (Å²) in [7, 11) is 0. The molecule has 0 aliphatic heterocycles. The van der Waals surface area contributed by atoms with E-state index < -0.39 is 0 Å². The van der Waals surface area contributed by atoms with E-state index in [0.29, 0.717) is 30.3 Å². The molecule has 0 amide bonds. The zero-order valence-corrected chi connectivity index (χ0v) is 14.0. The predicted octanol–water partition coefficient (Wildman–Crippen LogP) is 5.47. The van der Waals surface area contributed by atoms with E-state index in [1.165, 1.54) is 0 Å². The first kappa shape index (κ1) is 13.8. The quantitative estimate of drug-likeness (QED) is 0.413. The topological polar surface area (TPSA) is 25.8 Å². The molecule has 0 saturated carbocycles. The lowest BCUT2D eigenvalue weighted by atomic mass is 10.2. The Morgan fingerprint density at radius 1 is 1.06 bits per heavy atom. The van der Waals surface area contributed by atoms with Crippen LogP contribution in [0.25, 0.3) is 11.4 Å². The van der Waals surface area contributed by atoms with E-state index in [2.05, 4.69) is 25.9 Å². The number of halogens is 5. The van der Waals surface area contributed by atoms with E-state index in [1.807, 2.05) is 28.7 Å². The minimum absolute atomic E-state index is 0.319. The van der Waals surface area contributed by atoms with Crippen molar-refractivity contribution in [3.8, 4) is 11.4 Å². The Bertz CT molecular complexity index is 569. The smallest absolute Gasteiger partial charge is 0.164 e. The Morgan fingerprint density at radius 2 is 1.65 bits per heavy atom. The van der Waals surface area contributed by atoms with Gasteiger partial charge in [0.15, 0.2) is 5.82 Å². The number of benzene rings is 1. The van der Waals surface area contributed by atoms with Gasteiger partial charge in [-0.2, -0.15) is 0 Å². The molecule has 2 rings (SSSR count). The largest absolute Gasteiger partial charge is 0.215 e. The fraction of sp³-hybridized carbons (Fsp3) is 0. The molecule has 0 aliphatic rings. The Kier molecular flexibility index (Phi) is 4.52. The van der Waals surface area contributed by atoms with Crippen molar-refractivity contribution >= 4 is 73.3 Å². The molecule has 0 atom stereocenters. The molecule has 0 spiro atoms. The molecule has 1 heterocycles. The first-order valence-corrected chi connectivity index (χ1v) is 7.33. The summed E-state index contributed by atoms with van der Waals surface area (Å²) in [5, 5.41) is 1.17. The highest BCUT2D eigenvalue weighted by Gasteiger charge is 2.12. The Morgan fingerprint density at radius 3 is 2.18 bits per heavy atom. The molecular weight excluding hydrogens is 461 g/mol. The van der Waals surface area contributed by atoms with Gasteiger partial charge in [-0.05, 0) is 40.8 Å². The van der Waals surface area contributed by atoms with Crippen LogP contribution in [0.3, 0.4) is 0 Å². The summed E-state index contributed by atoms with van der Waals surface area (Å²) in [5.41, 5.74) is 0.690. The third-order valence-electron chi connectivity index (χ3n) is 1.94. The van der Waals surface area contributed by atoms with Gasteiger partial charge in [0.05, 0.1) is 8.59 Å². The van der Waals surface area contributed by atoms with Crippen molar-refractivity contribution in [2.75, 3.05) is 0 Å². The average Bonchev–Trinajstić information content (AvgIpc) is 2.25. The molecule has 2 aromatic rings. The Balaban J connectivity index is 2.61. The standard InChI is InChI=1S/C10H3BrCl3IN2/c11-4-1-2-5(6(12)3-4)10-16-8(13)7(15)9(14)17-10/h1-3H. The normalized spacial score (nSPS) is 10.6. The summed E-state index contributed by atoms with van der Waals surface area (Å²) in [4.78, 5) is 8.31. The van der Waals surface area contributed by atoms with E-state index >= 15 is 0 Å². The lowest BCUT2D eigenvalue weighted by Gasteiger charge is -2.06. The predicted molar refractivity (Wildman–Crippen MR) is 82.9 cm³/mol. The molecule has 2 nitrogen and oxygen atoms in total. The van der Waals surface area contributed by atoms with Gasteiger partial charge in [0, 0.05) is 10.0 Å². The molecule has 0 N–H and O–H groups in total. The van der Waals surface area contributed by atoms with Crippen molar-refractivity contribution < 1.29 is 0 Å². The Hall–Kier alpha value is 0.380. The molecule has 88 valence electrons. The second kappa shape index (κ2) is 5.57. The second-order valence-electron chi connectivity index (χ2n) is 3.07. The summed E-state index contributed by atoms with van der Waals surface area (Å²) >= 11 is 23.3. The van der Waals surface area contributed by atoms with Gasteiger partial charge in [-0.3, -0.25) is 0 Å². The maximum absolute atomic E-state index is 6.11. The zero-order chi connectivity index (χ0) is 12.6. The highest BCUT2D eigenvalue weighted by atomic mass is 127. The van der Waals surface area contributed by atoms with Gasteiger partial charge in [0.25, 0.3) is 0 Å². The molecule has 1 aromatic carbocycles. The third kappa shape index (κ3) is 3.04. The van der Waals surface area contributed by atoms with Crippen molar-refractivity contribution in [1.82, 2.24) is 9.97 Å². The van der Waals surface area contributed by atoms with Gasteiger partial charge in [-0.15, -0.1) is 0 Å². The van der Waals surface area contributed by atoms with Gasteiger partial charge in [-0.25, -0.2) is 9.97 Å². The fourth-order valence-electron chi connectivity index (χ4n) is 1.19. The molecule has 0 saturated heterocycles. The minimum Gasteiger partial charge on any atom is -0.215 e. The molecule has 0 aliphatic carbocycles. The monoisotopic (exact) mass is 462 g/mol. The van der Waals surface area contributed by atoms with Gasteiger partial charge in [0.1, 0.15) is 10.3 Å². The van der Waals surface area contributed by atoms with E-state index in [1.54, 1.807) is 12.1 Å². The van der Waals surface area contributed by atoms with Crippen LogP contribution < -0.4 is 0 Å². The molecule has 0 bridgehead atoms. The number of hydrogen-bond donors (Lipinski definition) is 0. The van der Waals surface area contributed by atoms with Crippen LogP contribution in [0.4, 0.5) is 0 Å². The maximum atomic E-state index is 6.11. The molecule has 7 heteroatoms. The van der Waals surface area contributed by atoms with Crippen LogP contribution in [0.2, 0.25) is 15.3 Å². The van der Waals surface area contributed by atoms with Crippen LogP contribution in [0.1, 0.15) is 0 Å². The van der Waals surface area contributed by atoms with Gasteiger partial charge in [-0.1, -0.05) is 50.7 Å². The average molecular weight is 464 g/mol. The minimum atomic E-state index is 0.319. The first-order chi connectivity index (χ1) is 7.99. The van der Waals surface area contributed by atoms with Gasteiger partial charge in [0.2, 0.25) is 0 Å². The summed E-state index contributed by atoms with van der Waals surface area (Å²) < 4.78 is 1.51. The van der Waals surface area contributed by atoms with E-state index in [4.69, 9.17) is 34.8 Å². The number of rotatable bonds is 1. The lowest BCUT2D eigenvalue weighted by molar-refractivity contribution is 1.16. The number of nitrogens with zero attached hydrogens (tertiary/aromatic N) is 2. The van der Waals surface area contributed by atoms with Crippen molar-refractivity contribution in [2.45, 2.75) is 0 Å². The molecule has 17 heavy (non-hydrogen) atoms. The van der Waals surface area contributed by atoms with E-state index in [9.17, 15) is 0 Å². The Labute approximate surface area is 135 Å². The van der Waals surface area contributed by atoms with Crippen molar-refractivity contribution in [1.29, 1.82) is 0 Å². The van der Waals surface area contributed by atoms with Gasteiger partial charge < -0.3 is 0 Å². The number of aromatic nitrogens is 2. The summed E-state index contributed by atoms with van der Waals surface area (Å²) in [5.74, 6) is 0.415. The highest BCUT2D eigenvalue weighted by molar-refractivity contribution is 14.1.